The summed E-state index contributed by atoms with van der Waals surface area (Å²) in [4.78, 5) is 4.31. The Balaban J connectivity index is 2.66. The third-order valence-corrected chi connectivity index (χ3v) is 2.79. The van der Waals surface area contributed by atoms with E-state index in [0.29, 0.717) is 18.5 Å². The Morgan fingerprint density at radius 3 is 2.89 bits per heavy atom. The highest BCUT2D eigenvalue weighted by molar-refractivity contribution is 9.10. The van der Waals surface area contributed by atoms with Gasteiger partial charge in [-0.3, -0.25) is 0 Å². The summed E-state index contributed by atoms with van der Waals surface area (Å²) in [6, 6.07) is 2.48. The van der Waals surface area contributed by atoms with E-state index in [-0.39, 0.29) is 0 Å². The van der Waals surface area contributed by atoms with Gasteiger partial charge in [0.25, 0.3) is 0 Å². The topological polar surface area (TPSA) is 34.1 Å². The fourth-order valence-corrected chi connectivity index (χ4v) is 1.74. The largest absolute Gasteiger partial charge is 0.477 e. The van der Waals surface area contributed by atoms with Crippen molar-refractivity contribution in [3.8, 4) is 5.88 Å². The van der Waals surface area contributed by atoms with Gasteiger partial charge in [-0.25, -0.2) is 4.98 Å². The normalized spacial score (nSPS) is 10.7. The van der Waals surface area contributed by atoms with E-state index in [0.717, 1.165) is 28.6 Å². The van der Waals surface area contributed by atoms with E-state index in [4.69, 9.17) is 4.74 Å². The smallest absolute Gasteiger partial charge is 0.217 e. The van der Waals surface area contributed by atoms with Crippen LogP contribution in [0.1, 0.15) is 32.8 Å². The van der Waals surface area contributed by atoms with Crippen LogP contribution in [0.15, 0.2) is 28.9 Å². The lowest BCUT2D eigenvalue weighted by Crippen LogP contribution is -2.22. The SMILES string of the molecule is C=C(C)CCOc1ncc(Br)cc1CNC(C)C. The standard InChI is InChI=1S/C14H21BrN2O/c1-10(2)5-6-18-14-12(8-16-11(3)4)7-13(15)9-17-14/h7,9,11,16H,1,5-6,8H2,2-4H3. The van der Waals surface area contributed by atoms with Gasteiger partial charge in [0.2, 0.25) is 5.88 Å². The number of pyridine rings is 1. The van der Waals surface area contributed by atoms with E-state index in [1.54, 1.807) is 6.20 Å². The number of aromatic nitrogens is 1. The molecule has 1 N–H and O–H groups in total. The summed E-state index contributed by atoms with van der Waals surface area (Å²) in [5.41, 5.74) is 2.19. The molecule has 0 fully saturated rings. The van der Waals surface area contributed by atoms with Gasteiger partial charge in [0, 0.05) is 35.2 Å². The fraction of sp³-hybridized carbons (Fsp3) is 0.500. The summed E-state index contributed by atoms with van der Waals surface area (Å²) in [6.07, 6.45) is 2.61. The summed E-state index contributed by atoms with van der Waals surface area (Å²) in [6.45, 7) is 11.5. The summed E-state index contributed by atoms with van der Waals surface area (Å²) >= 11 is 3.43. The van der Waals surface area contributed by atoms with E-state index >= 15 is 0 Å². The first-order chi connectivity index (χ1) is 8.49. The lowest BCUT2D eigenvalue weighted by molar-refractivity contribution is 0.304. The monoisotopic (exact) mass is 312 g/mol. The number of rotatable bonds is 7. The Morgan fingerprint density at radius 1 is 1.56 bits per heavy atom. The Morgan fingerprint density at radius 2 is 2.28 bits per heavy atom. The second-order valence-corrected chi connectivity index (χ2v) is 5.62. The minimum atomic E-state index is 0.437. The van der Waals surface area contributed by atoms with Crippen LogP contribution >= 0.6 is 15.9 Å². The molecule has 1 heterocycles. The van der Waals surface area contributed by atoms with Gasteiger partial charge in [0.1, 0.15) is 0 Å². The zero-order chi connectivity index (χ0) is 13.5. The number of ether oxygens (including phenoxy) is 1. The molecule has 0 atom stereocenters. The Hall–Kier alpha value is -0.870. The van der Waals surface area contributed by atoms with Gasteiger partial charge in [-0.2, -0.15) is 0 Å². The van der Waals surface area contributed by atoms with Crippen LogP contribution < -0.4 is 10.1 Å². The summed E-state index contributed by atoms with van der Waals surface area (Å²) < 4.78 is 6.67. The average molecular weight is 313 g/mol. The predicted molar refractivity (Wildman–Crippen MR) is 78.8 cm³/mol. The first-order valence-electron chi connectivity index (χ1n) is 6.14. The van der Waals surface area contributed by atoms with Crippen LogP contribution in [0.25, 0.3) is 0 Å². The van der Waals surface area contributed by atoms with Crippen molar-refractivity contribution in [3.63, 3.8) is 0 Å². The summed E-state index contributed by atoms with van der Waals surface area (Å²) in [7, 11) is 0. The zero-order valence-electron chi connectivity index (χ0n) is 11.3. The van der Waals surface area contributed by atoms with Gasteiger partial charge in [0.15, 0.2) is 0 Å². The predicted octanol–water partition coefficient (Wildman–Crippen LogP) is 3.69. The second-order valence-electron chi connectivity index (χ2n) is 4.71. The first kappa shape index (κ1) is 15.2. The third kappa shape index (κ3) is 5.65. The molecule has 0 spiro atoms. The number of nitrogens with zero attached hydrogens (tertiary/aromatic N) is 1. The van der Waals surface area contributed by atoms with Crippen LogP contribution in [0, 0.1) is 0 Å². The molecule has 0 bridgehead atoms. The zero-order valence-corrected chi connectivity index (χ0v) is 12.9. The quantitative estimate of drug-likeness (QED) is 0.780. The number of nitrogens with one attached hydrogen (secondary N) is 1. The lowest BCUT2D eigenvalue weighted by Gasteiger charge is -2.13. The van der Waals surface area contributed by atoms with E-state index in [1.807, 2.05) is 13.0 Å². The molecule has 0 radical (unpaired) electrons. The Labute approximate surface area is 118 Å². The molecule has 3 nitrogen and oxygen atoms in total. The molecule has 0 saturated heterocycles. The van der Waals surface area contributed by atoms with Gasteiger partial charge in [0.05, 0.1) is 6.61 Å². The minimum absolute atomic E-state index is 0.437. The maximum atomic E-state index is 5.70. The number of hydrogen-bond donors (Lipinski definition) is 1. The highest BCUT2D eigenvalue weighted by Crippen LogP contribution is 2.20. The Bertz CT molecular complexity index is 405. The fourth-order valence-electron chi connectivity index (χ4n) is 1.36. The molecule has 0 saturated carbocycles. The van der Waals surface area contributed by atoms with Crippen LogP contribution in [0.3, 0.4) is 0 Å². The molecule has 1 aromatic rings. The van der Waals surface area contributed by atoms with Crippen LogP contribution in [-0.4, -0.2) is 17.6 Å². The number of halogens is 1. The van der Waals surface area contributed by atoms with Crippen LogP contribution in [-0.2, 0) is 6.54 Å². The molecular formula is C14H21BrN2O. The summed E-state index contributed by atoms with van der Waals surface area (Å²) in [5.74, 6) is 0.701. The molecule has 0 aliphatic heterocycles. The van der Waals surface area contributed by atoms with Crippen molar-refractivity contribution in [2.45, 2.75) is 39.8 Å². The van der Waals surface area contributed by atoms with Gasteiger partial charge >= 0.3 is 0 Å². The molecule has 0 aliphatic carbocycles. The Kier molecular flexibility index (Phi) is 6.36. The molecule has 0 aliphatic rings. The van der Waals surface area contributed by atoms with E-state index in [2.05, 4.69) is 46.7 Å². The maximum absolute atomic E-state index is 5.70. The second kappa shape index (κ2) is 7.54. The highest BCUT2D eigenvalue weighted by Gasteiger charge is 2.07. The minimum Gasteiger partial charge on any atom is -0.477 e. The number of hydrogen-bond acceptors (Lipinski definition) is 3. The van der Waals surface area contributed by atoms with E-state index < -0.39 is 0 Å². The van der Waals surface area contributed by atoms with Crippen molar-refractivity contribution in [3.05, 3.63) is 34.5 Å². The first-order valence-corrected chi connectivity index (χ1v) is 6.93. The van der Waals surface area contributed by atoms with Crippen molar-refractivity contribution >= 4 is 15.9 Å². The highest BCUT2D eigenvalue weighted by atomic mass is 79.9. The van der Waals surface area contributed by atoms with Crippen LogP contribution in [0.4, 0.5) is 0 Å². The van der Waals surface area contributed by atoms with Crippen LogP contribution in [0.5, 0.6) is 5.88 Å². The molecule has 18 heavy (non-hydrogen) atoms. The van der Waals surface area contributed by atoms with Gasteiger partial charge < -0.3 is 10.1 Å². The van der Waals surface area contributed by atoms with E-state index in [1.165, 1.54) is 0 Å². The molecule has 0 amide bonds. The maximum Gasteiger partial charge on any atom is 0.217 e. The molecular weight excluding hydrogens is 292 g/mol. The molecule has 1 aromatic heterocycles. The van der Waals surface area contributed by atoms with E-state index in [9.17, 15) is 0 Å². The van der Waals surface area contributed by atoms with Gasteiger partial charge in [-0.05, 0) is 28.9 Å². The average Bonchev–Trinajstić information content (AvgIpc) is 2.28. The molecule has 100 valence electrons. The third-order valence-electron chi connectivity index (χ3n) is 2.36. The molecule has 1 rings (SSSR count). The van der Waals surface area contributed by atoms with Crippen molar-refractivity contribution < 1.29 is 4.74 Å². The molecule has 0 aromatic carbocycles. The lowest BCUT2D eigenvalue weighted by atomic mass is 10.2. The summed E-state index contributed by atoms with van der Waals surface area (Å²) in [5, 5.41) is 3.37. The van der Waals surface area contributed by atoms with Gasteiger partial charge in [-0.15, -0.1) is 6.58 Å². The molecule has 4 heteroatoms. The van der Waals surface area contributed by atoms with Gasteiger partial charge in [-0.1, -0.05) is 19.4 Å². The van der Waals surface area contributed by atoms with Crippen molar-refractivity contribution in [1.82, 2.24) is 10.3 Å². The molecule has 0 unspecified atom stereocenters. The van der Waals surface area contributed by atoms with Crippen molar-refractivity contribution in [2.24, 2.45) is 0 Å². The van der Waals surface area contributed by atoms with Crippen molar-refractivity contribution in [1.29, 1.82) is 0 Å². The van der Waals surface area contributed by atoms with Crippen LogP contribution in [0.2, 0.25) is 0 Å². The van der Waals surface area contributed by atoms with Crippen molar-refractivity contribution in [2.75, 3.05) is 6.61 Å².